The van der Waals surface area contributed by atoms with E-state index in [1.807, 2.05) is 18.2 Å². The van der Waals surface area contributed by atoms with Crippen molar-refractivity contribution in [3.8, 4) is 0 Å². The molecule has 2 atom stereocenters. The first kappa shape index (κ1) is 16.0. The van der Waals surface area contributed by atoms with Crippen LogP contribution in [0.5, 0.6) is 0 Å². The van der Waals surface area contributed by atoms with E-state index < -0.39 is 6.10 Å². The molecule has 0 spiro atoms. The minimum atomic E-state index is -0.462. The Bertz CT molecular complexity index is 568. The van der Waals surface area contributed by atoms with Gasteiger partial charge in [0.25, 0.3) is 0 Å². The largest absolute Gasteiger partial charge is 0.387 e. The Hall–Kier alpha value is -1.42. The molecule has 0 heterocycles. The Morgan fingerprint density at radius 2 is 1.81 bits per heavy atom. The molecule has 2 aromatic rings. The van der Waals surface area contributed by atoms with E-state index in [4.69, 9.17) is 0 Å². The van der Waals surface area contributed by atoms with Crippen molar-refractivity contribution in [1.29, 1.82) is 0 Å². The van der Waals surface area contributed by atoms with E-state index >= 15 is 0 Å². The minimum absolute atomic E-state index is 0.405. The van der Waals surface area contributed by atoms with Gasteiger partial charge in [-0.2, -0.15) is 0 Å². The van der Waals surface area contributed by atoms with Crippen LogP contribution in [0.25, 0.3) is 10.8 Å². The van der Waals surface area contributed by atoms with Crippen LogP contribution in [-0.4, -0.2) is 43.2 Å². The normalized spacial score (nSPS) is 14.5. The van der Waals surface area contributed by atoms with Gasteiger partial charge in [-0.1, -0.05) is 36.4 Å². The number of hydrogen-bond donors (Lipinski definition) is 2. The van der Waals surface area contributed by atoms with Crippen LogP contribution in [0.2, 0.25) is 0 Å². The fourth-order valence-corrected chi connectivity index (χ4v) is 2.40. The number of aliphatic hydroxyl groups excluding tert-OH is 1. The molecule has 0 aliphatic heterocycles. The Balaban J connectivity index is 1.91. The second-order valence-electron chi connectivity index (χ2n) is 6.02. The van der Waals surface area contributed by atoms with Crippen LogP contribution in [0.15, 0.2) is 42.5 Å². The van der Waals surface area contributed by atoms with E-state index in [9.17, 15) is 5.11 Å². The lowest BCUT2D eigenvalue weighted by Gasteiger charge is -2.19. The molecule has 0 saturated carbocycles. The van der Waals surface area contributed by atoms with Crippen LogP contribution in [-0.2, 0) is 0 Å². The van der Waals surface area contributed by atoms with Crippen molar-refractivity contribution in [3.63, 3.8) is 0 Å². The molecule has 3 nitrogen and oxygen atoms in total. The summed E-state index contributed by atoms with van der Waals surface area (Å²) in [7, 11) is 4.16. The van der Waals surface area contributed by atoms with E-state index in [1.165, 1.54) is 10.8 Å². The topological polar surface area (TPSA) is 35.5 Å². The molecular formula is C18H26N2O. The molecule has 0 amide bonds. The summed E-state index contributed by atoms with van der Waals surface area (Å²) in [6.07, 6.45) is 0.619. The average Bonchev–Trinajstić information content (AvgIpc) is 2.50. The quantitative estimate of drug-likeness (QED) is 0.821. The maximum atomic E-state index is 10.3. The SMILES string of the molecule is CC(CCN(C)C)NCC(O)c1ccc2ccccc2c1. The highest BCUT2D eigenvalue weighted by atomic mass is 16.3. The smallest absolute Gasteiger partial charge is 0.0914 e. The summed E-state index contributed by atoms with van der Waals surface area (Å²) in [6, 6.07) is 14.8. The molecule has 0 saturated heterocycles. The zero-order valence-electron chi connectivity index (χ0n) is 13.2. The van der Waals surface area contributed by atoms with E-state index in [-0.39, 0.29) is 0 Å². The molecule has 0 aliphatic rings. The van der Waals surface area contributed by atoms with Gasteiger partial charge in [-0.15, -0.1) is 0 Å². The molecule has 0 radical (unpaired) electrons. The zero-order chi connectivity index (χ0) is 15.2. The van der Waals surface area contributed by atoms with Crippen molar-refractivity contribution in [2.24, 2.45) is 0 Å². The van der Waals surface area contributed by atoms with Gasteiger partial charge in [-0.05, 0) is 56.4 Å². The lowest BCUT2D eigenvalue weighted by atomic mass is 10.0. The monoisotopic (exact) mass is 286 g/mol. The van der Waals surface area contributed by atoms with Crippen LogP contribution in [0, 0.1) is 0 Å². The number of aliphatic hydroxyl groups is 1. The van der Waals surface area contributed by atoms with Gasteiger partial charge < -0.3 is 15.3 Å². The molecule has 0 bridgehead atoms. The highest BCUT2D eigenvalue weighted by Crippen LogP contribution is 2.20. The first-order valence-corrected chi connectivity index (χ1v) is 7.61. The molecule has 0 aromatic heterocycles. The van der Waals surface area contributed by atoms with E-state index in [0.717, 1.165) is 18.5 Å². The lowest BCUT2D eigenvalue weighted by molar-refractivity contribution is 0.169. The molecule has 2 N–H and O–H groups in total. The number of nitrogens with zero attached hydrogens (tertiary/aromatic N) is 1. The van der Waals surface area contributed by atoms with Gasteiger partial charge in [0.05, 0.1) is 6.10 Å². The molecule has 0 fully saturated rings. The minimum Gasteiger partial charge on any atom is -0.387 e. The zero-order valence-corrected chi connectivity index (χ0v) is 13.2. The third-order valence-electron chi connectivity index (χ3n) is 3.83. The number of hydrogen-bond acceptors (Lipinski definition) is 3. The first-order valence-electron chi connectivity index (χ1n) is 7.61. The number of rotatable bonds is 7. The van der Waals surface area contributed by atoms with Gasteiger partial charge in [0.2, 0.25) is 0 Å². The van der Waals surface area contributed by atoms with Gasteiger partial charge >= 0.3 is 0 Å². The summed E-state index contributed by atoms with van der Waals surface area (Å²) >= 11 is 0. The molecule has 2 rings (SSSR count). The van der Waals surface area contributed by atoms with Crippen molar-refractivity contribution >= 4 is 10.8 Å². The maximum Gasteiger partial charge on any atom is 0.0914 e. The highest BCUT2D eigenvalue weighted by molar-refractivity contribution is 5.83. The van der Waals surface area contributed by atoms with E-state index in [2.05, 4.69) is 55.5 Å². The summed E-state index contributed by atoms with van der Waals surface area (Å²) in [5.41, 5.74) is 0.973. The summed E-state index contributed by atoms with van der Waals surface area (Å²) in [4.78, 5) is 2.18. The third kappa shape index (κ3) is 4.81. The van der Waals surface area contributed by atoms with Gasteiger partial charge in [-0.3, -0.25) is 0 Å². The highest BCUT2D eigenvalue weighted by Gasteiger charge is 2.10. The van der Waals surface area contributed by atoms with Gasteiger partial charge in [0.1, 0.15) is 0 Å². The van der Waals surface area contributed by atoms with Crippen LogP contribution in [0.1, 0.15) is 25.0 Å². The first-order chi connectivity index (χ1) is 10.1. The predicted molar refractivity (Wildman–Crippen MR) is 89.5 cm³/mol. The maximum absolute atomic E-state index is 10.3. The second-order valence-corrected chi connectivity index (χ2v) is 6.02. The van der Waals surface area contributed by atoms with Crippen molar-refractivity contribution < 1.29 is 5.11 Å². The second kappa shape index (κ2) is 7.55. The predicted octanol–water partition coefficient (Wildman–Crippen LogP) is 2.80. The average molecular weight is 286 g/mol. The molecular weight excluding hydrogens is 260 g/mol. The van der Waals surface area contributed by atoms with Crippen molar-refractivity contribution in [3.05, 3.63) is 48.0 Å². The Morgan fingerprint density at radius 3 is 2.52 bits per heavy atom. The van der Waals surface area contributed by atoms with Gasteiger partial charge in [0, 0.05) is 12.6 Å². The van der Waals surface area contributed by atoms with Gasteiger partial charge in [-0.25, -0.2) is 0 Å². The molecule has 2 unspecified atom stereocenters. The standard InChI is InChI=1S/C18H26N2O/c1-14(10-11-20(2)3)19-13-18(21)17-9-8-15-6-4-5-7-16(15)12-17/h4-9,12,14,18-19,21H,10-11,13H2,1-3H3. The summed E-state index contributed by atoms with van der Waals surface area (Å²) in [5, 5.41) is 16.1. The van der Waals surface area contributed by atoms with Crippen molar-refractivity contribution in [1.82, 2.24) is 10.2 Å². The molecule has 114 valence electrons. The number of nitrogens with one attached hydrogen (secondary N) is 1. The van der Waals surface area contributed by atoms with Crippen LogP contribution >= 0.6 is 0 Å². The van der Waals surface area contributed by atoms with E-state index in [0.29, 0.717) is 12.6 Å². The van der Waals surface area contributed by atoms with Crippen molar-refractivity contribution in [2.75, 3.05) is 27.2 Å². The van der Waals surface area contributed by atoms with Gasteiger partial charge in [0.15, 0.2) is 0 Å². The van der Waals surface area contributed by atoms with Crippen LogP contribution in [0.4, 0.5) is 0 Å². The molecule has 0 aliphatic carbocycles. The summed E-state index contributed by atoms with van der Waals surface area (Å²) in [5.74, 6) is 0. The lowest BCUT2D eigenvalue weighted by Crippen LogP contribution is -2.32. The van der Waals surface area contributed by atoms with Crippen molar-refractivity contribution in [2.45, 2.75) is 25.5 Å². The summed E-state index contributed by atoms with van der Waals surface area (Å²) in [6.45, 7) is 3.81. The fourth-order valence-electron chi connectivity index (χ4n) is 2.40. The molecule has 2 aromatic carbocycles. The Labute approximate surface area is 127 Å². The fraction of sp³-hybridized carbons (Fsp3) is 0.444. The number of benzene rings is 2. The number of fused-ring (bicyclic) bond motifs is 1. The van der Waals surface area contributed by atoms with Crippen LogP contribution < -0.4 is 5.32 Å². The third-order valence-corrected chi connectivity index (χ3v) is 3.83. The van der Waals surface area contributed by atoms with Crippen LogP contribution in [0.3, 0.4) is 0 Å². The Morgan fingerprint density at radius 1 is 1.10 bits per heavy atom. The summed E-state index contributed by atoms with van der Waals surface area (Å²) < 4.78 is 0. The van der Waals surface area contributed by atoms with E-state index in [1.54, 1.807) is 0 Å². The Kier molecular flexibility index (Phi) is 5.74. The molecule has 21 heavy (non-hydrogen) atoms. The molecule has 3 heteroatoms.